The molecule has 1 unspecified atom stereocenters. The first-order chi connectivity index (χ1) is 8.20. The van der Waals surface area contributed by atoms with Crippen LogP contribution in [0.25, 0.3) is 0 Å². The molecule has 6 heteroatoms. The maximum absolute atomic E-state index is 5.62. The molecule has 3 N–H and O–H groups in total. The molecule has 0 amide bonds. The summed E-state index contributed by atoms with van der Waals surface area (Å²) in [5, 5.41) is 2.16. The number of hydrazine groups is 1. The molecule has 92 valence electrons. The molecule has 0 saturated carbocycles. The Labute approximate surface area is 118 Å². The van der Waals surface area contributed by atoms with Gasteiger partial charge < -0.3 is 4.57 Å². The summed E-state index contributed by atoms with van der Waals surface area (Å²) in [4.78, 5) is 4.32. The van der Waals surface area contributed by atoms with Crippen LogP contribution in [0.15, 0.2) is 23.8 Å². The predicted molar refractivity (Wildman–Crippen MR) is 78.6 cm³/mol. The number of imidazole rings is 1. The summed E-state index contributed by atoms with van der Waals surface area (Å²) < 4.78 is 3.33. The van der Waals surface area contributed by atoms with E-state index >= 15 is 0 Å². The molecule has 0 aliphatic heterocycles. The number of aryl methyl sites for hydroxylation is 2. The molecule has 1 atom stereocenters. The van der Waals surface area contributed by atoms with Crippen LogP contribution < -0.4 is 11.3 Å². The number of nitrogens with two attached hydrogens (primary N) is 1. The molecule has 0 aliphatic carbocycles. The topological polar surface area (TPSA) is 55.9 Å². The Kier molecular flexibility index (Phi) is 4.55. The van der Waals surface area contributed by atoms with Gasteiger partial charge in [0.15, 0.2) is 0 Å². The van der Waals surface area contributed by atoms with E-state index in [1.54, 1.807) is 11.3 Å². The molecule has 0 saturated heterocycles. The lowest BCUT2D eigenvalue weighted by molar-refractivity contribution is 0.507. The Morgan fingerprint density at radius 1 is 1.65 bits per heavy atom. The average molecular weight is 362 g/mol. The molecule has 17 heavy (non-hydrogen) atoms. The molecule has 0 spiro atoms. The van der Waals surface area contributed by atoms with Crippen LogP contribution in [0.2, 0.25) is 0 Å². The fourth-order valence-electron chi connectivity index (χ4n) is 1.76. The third kappa shape index (κ3) is 3.27. The van der Waals surface area contributed by atoms with Crippen LogP contribution in [-0.4, -0.2) is 9.55 Å². The summed E-state index contributed by atoms with van der Waals surface area (Å²) in [6.45, 7) is 0. The van der Waals surface area contributed by atoms with Crippen molar-refractivity contribution in [1.82, 2.24) is 15.0 Å². The van der Waals surface area contributed by atoms with Crippen molar-refractivity contribution >= 4 is 33.9 Å². The van der Waals surface area contributed by atoms with Crippen molar-refractivity contribution in [2.75, 3.05) is 0 Å². The monoisotopic (exact) mass is 362 g/mol. The summed E-state index contributed by atoms with van der Waals surface area (Å²) >= 11 is 4.07. The van der Waals surface area contributed by atoms with E-state index in [4.69, 9.17) is 5.84 Å². The van der Waals surface area contributed by atoms with Crippen LogP contribution >= 0.6 is 33.9 Å². The predicted octanol–water partition coefficient (Wildman–Crippen LogP) is 2.22. The lowest BCUT2D eigenvalue weighted by Gasteiger charge is -2.14. The molecule has 0 radical (unpaired) electrons. The van der Waals surface area contributed by atoms with Gasteiger partial charge in [0.05, 0.1) is 2.88 Å². The third-order valence-corrected chi connectivity index (χ3v) is 4.58. The van der Waals surface area contributed by atoms with Gasteiger partial charge in [-0.25, -0.2) is 4.98 Å². The number of rotatable bonds is 5. The van der Waals surface area contributed by atoms with E-state index < -0.39 is 0 Å². The van der Waals surface area contributed by atoms with Gasteiger partial charge in [-0.1, -0.05) is 0 Å². The van der Waals surface area contributed by atoms with Crippen LogP contribution in [0, 0.1) is 2.88 Å². The first kappa shape index (κ1) is 13.0. The average Bonchev–Trinajstić information content (AvgIpc) is 2.90. The molecule has 0 bridgehead atoms. The van der Waals surface area contributed by atoms with Gasteiger partial charge in [0.25, 0.3) is 0 Å². The van der Waals surface area contributed by atoms with Crippen molar-refractivity contribution in [3.63, 3.8) is 0 Å². The molecule has 2 aromatic heterocycles. The van der Waals surface area contributed by atoms with E-state index in [2.05, 4.69) is 44.4 Å². The highest BCUT2D eigenvalue weighted by Crippen LogP contribution is 2.24. The normalized spacial score (nSPS) is 12.9. The van der Waals surface area contributed by atoms with Crippen LogP contribution in [0.5, 0.6) is 0 Å². The van der Waals surface area contributed by atoms with Gasteiger partial charge in [0.2, 0.25) is 0 Å². The van der Waals surface area contributed by atoms with Crippen molar-refractivity contribution in [1.29, 1.82) is 0 Å². The molecular formula is C11H15IN4S. The highest BCUT2D eigenvalue weighted by molar-refractivity contribution is 14.1. The summed E-state index contributed by atoms with van der Waals surface area (Å²) in [5.41, 5.74) is 4.14. The minimum atomic E-state index is 0.200. The number of hydrogen-bond donors (Lipinski definition) is 2. The van der Waals surface area contributed by atoms with Crippen LogP contribution in [-0.2, 0) is 13.5 Å². The van der Waals surface area contributed by atoms with E-state index in [9.17, 15) is 0 Å². The van der Waals surface area contributed by atoms with Crippen molar-refractivity contribution in [3.05, 3.63) is 38.1 Å². The standard InChI is InChI=1S/C11H15IN4S/c1-16-5-4-14-11(16)3-2-9(15-13)8-6-10(12)17-7-8/h4-7,9,15H,2-3,13H2,1H3. The quantitative estimate of drug-likeness (QED) is 0.487. The number of thiophene rings is 1. The lowest BCUT2D eigenvalue weighted by Crippen LogP contribution is -2.28. The van der Waals surface area contributed by atoms with E-state index in [0.29, 0.717) is 0 Å². The zero-order chi connectivity index (χ0) is 12.3. The molecular weight excluding hydrogens is 347 g/mol. The number of hydrogen-bond acceptors (Lipinski definition) is 4. The molecule has 0 fully saturated rings. The van der Waals surface area contributed by atoms with Crippen molar-refractivity contribution in [2.45, 2.75) is 18.9 Å². The molecule has 2 heterocycles. The fourth-order valence-corrected chi connectivity index (χ4v) is 3.19. The van der Waals surface area contributed by atoms with Crippen LogP contribution in [0.3, 0.4) is 0 Å². The number of halogens is 1. The Balaban J connectivity index is 1.99. The van der Waals surface area contributed by atoms with Crippen molar-refractivity contribution in [2.24, 2.45) is 12.9 Å². The Morgan fingerprint density at radius 3 is 3.00 bits per heavy atom. The summed E-state index contributed by atoms with van der Waals surface area (Å²) in [6.07, 6.45) is 5.67. The Hall–Kier alpha value is -0.440. The van der Waals surface area contributed by atoms with Gasteiger partial charge in [-0.15, -0.1) is 11.3 Å². The minimum Gasteiger partial charge on any atom is -0.338 e. The molecule has 0 aromatic carbocycles. The maximum Gasteiger partial charge on any atom is 0.108 e. The molecule has 2 rings (SSSR count). The van der Waals surface area contributed by atoms with E-state index in [-0.39, 0.29) is 6.04 Å². The summed E-state index contributed by atoms with van der Waals surface area (Å²) in [6, 6.07) is 2.38. The van der Waals surface area contributed by atoms with E-state index in [0.717, 1.165) is 18.7 Å². The second-order valence-corrected chi connectivity index (χ2v) is 6.70. The summed E-state index contributed by atoms with van der Waals surface area (Å²) in [7, 11) is 2.01. The van der Waals surface area contributed by atoms with Gasteiger partial charge in [0.1, 0.15) is 5.82 Å². The van der Waals surface area contributed by atoms with Crippen LogP contribution in [0.1, 0.15) is 23.9 Å². The maximum atomic E-state index is 5.62. The Bertz CT molecular complexity index is 479. The van der Waals surface area contributed by atoms with Gasteiger partial charge >= 0.3 is 0 Å². The van der Waals surface area contributed by atoms with E-state index in [1.165, 1.54) is 8.45 Å². The largest absolute Gasteiger partial charge is 0.338 e. The van der Waals surface area contributed by atoms with Crippen molar-refractivity contribution < 1.29 is 0 Å². The lowest BCUT2D eigenvalue weighted by atomic mass is 10.1. The number of nitrogens with zero attached hydrogens (tertiary/aromatic N) is 2. The second-order valence-electron chi connectivity index (χ2n) is 3.90. The van der Waals surface area contributed by atoms with Crippen molar-refractivity contribution in [3.8, 4) is 0 Å². The van der Waals surface area contributed by atoms with E-state index in [1.807, 2.05) is 24.0 Å². The van der Waals surface area contributed by atoms with Gasteiger partial charge in [0, 0.05) is 31.9 Å². The fraction of sp³-hybridized carbons (Fsp3) is 0.364. The highest BCUT2D eigenvalue weighted by Gasteiger charge is 2.12. The molecule has 0 aliphatic rings. The van der Waals surface area contributed by atoms with Crippen LogP contribution in [0.4, 0.5) is 0 Å². The smallest absolute Gasteiger partial charge is 0.108 e. The molecule has 2 aromatic rings. The first-order valence-electron chi connectivity index (χ1n) is 5.37. The zero-order valence-electron chi connectivity index (χ0n) is 9.56. The number of aromatic nitrogens is 2. The molecule has 4 nitrogen and oxygen atoms in total. The SMILES string of the molecule is Cn1ccnc1CCC(NN)c1csc(I)c1. The number of nitrogens with one attached hydrogen (secondary N) is 1. The third-order valence-electron chi connectivity index (χ3n) is 2.77. The van der Waals surface area contributed by atoms with Gasteiger partial charge in [-0.05, 0) is 46.0 Å². The summed E-state index contributed by atoms with van der Waals surface area (Å²) in [5.74, 6) is 6.71. The highest BCUT2D eigenvalue weighted by atomic mass is 127. The zero-order valence-corrected chi connectivity index (χ0v) is 12.5. The van der Waals surface area contributed by atoms with Gasteiger partial charge in [-0.3, -0.25) is 11.3 Å². The van der Waals surface area contributed by atoms with Gasteiger partial charge in [-0.2, -0.15) is 0 Å². The Morgan fingerprint density at radius 2 is 2.47 bits per heavy atom. The second kappa shape index (κ2) is 5.94. The minimum absolute atomic E-state index is 0.200. The first-order valence-corrected chi connectivity index (χ1v) is 7.33.